The molecule has 0 saturated carbocycles. The van der Waals surface area contributed by atoms with Gasteiger partial charge in [-0.2, -0.15) is 0 Å². The molecule has 0 radical (unpaired) electrons. The van der Waals surface area contributed by atoms with E-state index in [0.29, 0.717) is 6.54 Å². The average molecular weight is 214 g/mol. The molecular formula is C11H22N2O2. The summed E-state index contributed by atoms with van der Waals surface area (Å²) < 4.78 is 0. The predicted octanol–water partition coefficient (Wildman–Crippen LogP) is 0.358. The molecule has 1 fully saturated rings. The largest absolute Gasteiger partial charge is 0.389 e. The Labute approximate surface area is 91.6 Å². The number of rotatable bonds is 5. The summed E-state index contributed by atoms with van der Waals surface area (Å²) in [6.07, 6.45) is 1.89. The maximum absolute atomic E-state index is 11.8. The van der Waals surface area contributed by atoms with Crippen LogP contribution in [0.3, 0.4) is 0 Å². The summed E-state index contributed by atoms with van der Waals surface area (Å²) in [6.45, 7) is 7.61. The fourth-order valence-corrected chi connectivity index (χ4v) is 1.87. The number of hydrogen-bond donors (Lipinski definition) is 2. The molecule has 0 spiro atoms. The predicted molar refractivity (Wildman–Crippen MR) is 59.6 cm³/mol. The van der Waals surface area contributed by atoms with Crippen LogP contribution in [0.25, 0.3) is 0 Å². The molecule has 4 nitrogen and oxygen atoms in total. The molecule has 0 aromatic rings. The SMILES string of the molecule is CCCNC1CCN(CC(C)(C)O)C1=O. The van der Waals surface area contributed by atoms with Crippen LogP contribution in [0.15, 0.2) is 0 Å². The van der Waals surface area contributed by atoms with E-state index < -0.39 is 5.60 Å². The van der Waals surface area contributed by atoms with Crippen molar-refractivity contribution >= 4 is 5.91 Å². The summed E-state index contributed by atoms with van der Waals surface area (Å²) in [5.41, 5.74) is -0.796. The van der Waals surface area contributed by atoms with Crippen LogP contribution in [0.5, 0.6) is 0 Å². The van der Waals surface area contributed by atoms with Gasteiger partial charge in [-0.1, -0.05) is 6.92 Å². The molecule has 0 bridgehead atoms. The van der Waals surface area contributed by atoms with Gasteiger partial charge in [0.05, 0.1) is 11.6 Å². The van der Waals surface area contributed by atoms with Gasteiger partial charge in [-0.25, -0.2) is 0 Å². The van der Waals surface area contributed by atoms with Crippen molar-refractivity contribution in [1.29, 1.82) is 0 Å². The fraction of sp³-hybridized carbons (Fsp3) is 0.909. The van der Waals surface area contributed by atoms with Gasteiger partial charge >= 0.3 is 0 Å². The Morgan fingerprint density at radius 3 is 2.80 bits per heavy atom. The monoisotopic (exact) mass is 214 g/mol. The summed E-state index contributed by atoms with van der Waals surface area (Å²) in [5.74, 6) is 0.130. The molecule has 2 N–H and O–H groups in total. The molecule has 1 aliphatic heterocycles. The smallest absolute Gasteiger partial charge is 0.239 e. The highest BCUT2D eigenvalue weighted by molar-refractivity contribution is 5.84. The Morgan fingerprint density at radius 1 is 1.60 bits per heavy atom. The van der Waals surface area contributed by atoms with Gasteiger partial charge in [0.1, 0.15) is 0 Å². The van der Waals surface area contributed by atoms with Gasteiger partial charge in [-0.3, -0.25) is 4.79 Å². The second-order valence-corrected chi connectivity index (χ2v) is 4.87. The van der Waals surface area contributed by atoms with Crippen LogP contribution in [0.2, 0.25) is 0 Å². The molecule has 1 unspecified atom stereocenters. The first-order valence-corrected chi connectivity index (χ1v) is 5.68. The Hall–Kier alpha value is -0.610. The van der Waals surface area contributed by atoms with Crippen LogP contribution in [-0.4, -0.2) is 47.2 Å². The number of nitrogens with zero attached hydrogens (tertiary/aromatic N) is 1. The van der Waals surface area contributed by atoms with Crippen molar-refractivity contribution in [2.24, 2.45) is 0 Å². The molecule has 0 aliphatic carbocycles. The van der Waals surface area contributed by atoms with Gasteiger partial charge in [0.2, 0.25) is 5.91 Å². The van der Waals surface area contributed by atoms with Crippen molar-refractivity contribution in [3.05, 3.63) is 0 Å². The number of nitrogens with one attached hydrogen (secondary N) is 1. The number of aliphatic hydroxyl groups is 1. The summed E-state index contributed by atoms with van der Waals surface area (Å²) in [6, 6.07) is -0.0349. The Balaban J connectivity index is 2.42. The second-order valence-electron chi connectivity index (χ2n) is 4.87. The van der Waals surface area contributed by atoms with E-state index in [4.69, 9.17) is 0 Å². The van der Waals surface area contributed by atoms with E-state index in [1.165, 1.54) is 0 Å². The van der Waals surface area contributed by atoms with Gasteiger partial charge in [-0.15, -0.1) is 0 Å². The molecule has 1 rings (SSSR count). The molecule has 1 heterocycles. The zero-order chi connectivity index (χ0) is 11.5. The van der Waals surface area contributed by atoms with Crippen LogP contribution in [0, 0.1) is 0 Å². The quantitative estimate of drug-likeness (QED) is 0.694. The van der Waals surface area contributed by atoms with Crippen molar-refractivity contribution in [2.45, 2.75) is 45.3 Å². The Morgan fingerprint density at radius 2 is 2.27 bits per heavy atom. The van der Waals surface area contributed by atoms with Crippen LogP contribution in [0.4, 0.5) is 0 Å². The third kappa shape index (κ3) is 3.80. The van der Waals surface area contributed by atoms with Crippen molar-refractivity contribution in [2.75, 3.05) is 19.6 Å². The zero-order valence-corrected chi connectivity index (χ0v) is 9.92. The highest BCUT2D eigenvalue weighted by atomic mass is 16.3. The first kappa shape index (κ1) is 12.5. The summed E-state index contributed by atoms with van der Waals surface area (Å²) in [5, 5.41) is 12.9. The first-order chi connectivity index (χ1) is 6.94. The van der Waals surface area contributed by atoms with Crippen molar-refractivity contribution < 1.29 is 9.90 Å². The van der Waals surface area contributed by atoms with Crippen LogP contribution >= 0.6 is 0 Å². The second kappa shape index (κ2) is 4.94. The molecule has 1 amide bonds. The number of carbonyl (C=O) groups excluding carboxylic acids is 1. The lowest BCUT2D eigenvalue weighted by atomic mass is 10.1. The third-order valence-electron chi connectivity index (χ3n) is 2.52. The van der Waals surface area contributed by atoms with Crippen molar-refractivity contribution in [3.63, 3.8) is 0 Å². The summed E-state index contributed by atoms with van der Waals surface area (Å²) >= 11 is 0. The number of likely N-dealkylation sites (tertiary alicyclic amines) is 1. The van der Waals surface area contributed by atoms with E-state index in [2.05, 4.69) is 12.2 Å². The van der Waals surface area contributed by atoms with Crippen LogP contribution in [0.1, 0.15) is 33.6 Å². The molecule has 1 saturated heterocycles. The highest BCUT2D eigenvalue weighted by Crippen LogP contribution is 2.14. The Kier molecular flexibility index (Phi) is 4.11. The topological polar surface area (TPSA) is 52.6 Å². The minimum absolute atomic E-state index is 0.0349. The van der Waals surface area contributed by atoms with E-state index in [1.54, 1.807) is 18.7 Å². The molecule has 88 valence electrons. The maximum Gasteiger partial charge on any atom is 0.239 e. The van der Waals surface area contributed by atoms with Crippen molar-refractivity contribution in [1.82, 2.24) is 10.2 Å². The fourth-order valence-electron chi connectivity index (χ4n) is 1.87. The van der Waals surface area contributed by atoms with Gasteiger partial charge in [0.15, 0.2) is 0 Å². The average Bonchev–Trinajstić information content (AvgIpc) is 2.43. The molecule has 4 heteroatoms. The van der Waals surface area contributed by atoms with E-state index in [9.17, 15) is 9.90 Å². The minimum Gasteiger partial charge on any atom is -0.389 e. The maximum atomic E-state index is 11.8. The molecule has 1 aliphatic rings. The molecule has 15 heavy (non-hydrogen) atoms. The van der Waals surface area contributed by atoms with Crippen molar-refractivity contribution in [3.8, 4) is 0 Å². The zero-order valence-electron chi connectivity index (χ0n) is 9.92. The molecule has 0 aromatic carbocycles. The number of hydrogen-bond acceptors (Lipinski definition) is 3. The summed E-state index contributed by atoms with van der Waals surface area (Å²) in [7, 11) is 0. The van der Waals surface area contributed by atoms with E-state index in [-0.39, 0.29) is 11.9 Å². The van der Waals surface area contributed by atoms with E-state index >= 15 is 0 Å². The lowest BCUT2D eigenvalue weighted by Gasteiger charge is -2.25. The van der Waals surface area contributed by atoms with Crippen LogP contribution in [-0.2, 0) is 4.79 Å². The molecule has 0 aromatic heterocycles. The summed E-state index contributed by atoms with van der Waals surface area (Å²) in [4.78, 5) is 13.6. The molecular weight excluding hydrogens is 192 g/mol. The standard InChI is InChI=1S/C11H22N2O2/c1-4-6-12-9-5-7-13(10(9)14)8-11(2,3)15/h9,12,15H,4-8H2,1-3H3. The molecule has 1 atom stereocenters. The van der Waals surface area contributed by atoms with E-state index in [0.717, 1.165) is 25.9 Å². The normalized spacial score (nSPS) is 22.5. The minimum atomic E-state index is -0.796. The number of amides is 1. The first-order valence-electron chi connectivity index (χ1n) is 5.68. The van der Waals surface area contributed by atoms with Gasteiger partial charge in [0.25, 0.3) is 0 Å². The highest BCUT2D eigenvalue weighted by Gasteiger charge is 2.33. The third-order valence-corrected chi connectivity index (χ3v) is 2.52. The van der Waals surface area contributed by atoms with Gasteiger partial charge < -0.3 is 15.3 Å². The van der Waals surface area contributed by atoms with Crippen LogP contribution < -0.4 is 5.32 Å². The number of carbonyl (C=O) groups is 1. The number of β-amino-alcohol motifs (C(OH)–C–C–N with tert-alkyl or cyclic N) is 1. The Bertz CT molecular complexity index is 223. The lowest BCUT2D eigenvalue weighted by Crippen LogP contribution is -2.43. The van der Waals surface area contributed by atoms with E-state index in [1.807, 2.05) is 0 Å². The lowest BCUT2D eigenvalue weighted by molar-refractivity contribution is -0.131. The van der Waals surface area contributed by atoms with Gasteiger partial charge in [-0.05, 0) is 33.2 Å². The van der Waals surface area contributed by atoms with Gasteiger partial charge in [0, 0.05) is 13.1 Å².